The van der Waals surface area contributed by atoms with E-state index < -0.39 is 0 Å². The summed E-state index contributed by atoms with van der Waals surface area (Å²) in [6, 6.07) is 28.7. The molecule has 0 aliphatic heterocycles. The Hall–Kier alpha value is -2.86. The van der Waals surface area contributed by atoms with E-state index in [1.807, 2.05) is 0 Å². The van der Waals surface area contributed by atoms with Crippen LogP contribution in [0.25, 0.3) is 33.0 Å². The number of aryl methyl sites for hydroxylation is 3. The van der Waals surface area contributed by atoms with Crippen molar-refractivity contribution in [2.24, 2.45) is 0 Å². The topological polar surface area (TPSA) is 0 Å². The van der Waals surface area contributed by atoms with Crippen LogP contribution in [-0.4, -0.2) is 0 Å². The van der Waals surface area contributed by atoms with Gasteiger partial charge >= 0.3 is 0 Å². The van der Waals surface area contributed by atoms with E-state index in [9.17, 15) is 0 Å². The van der Waals surface area contributed by atoms with Gasteiger partial charge in [-0.1, -0.05) is 98.3 Å². The first kappa shape index (κ1) is 17.5. The Kier molecular flexibility index (Phi) is 4.81. The van der Waals surface area contributed by atoms with Crippen LogP contribution < -0.4 is 0 Å². The van der Waals surface area contributed by atoms with E-state index in [1.54, 1.807) is 0 Å². The van der Waals surface area contributed by atoms with Crippen LogP contribution in [0.15, 0.2) is 78.9 Å². The molecule has 27 heavy (non-hydrogen) atoms. The van der Waals surface area contributed by atoms with Crippen molar-refractivity contribution in [1.29, 1.82) is 0 Å². The molecule has 0 unspecified atom stereocenters. The molecule has 0 nitrogen and oxygen atoms in total. The van der Waals surface area contributed by atoms with E-state index in [2.05, 4.69) is 99.6 Å². The highest BCUT2D eigenvalue weighted by atomic mass is 14.2. The molecule has 4 aromatic rings. The van der Waals surface area contributed by atoms with Crippen LogP contribution in [-0.2, 0) is 12.8 Å². The molecule has 0 saturated heterocycles. The zero-order chi connectivity index (χ0) is 18.8. The lowest BCUT2D eigenvalue weighted by atomic mass is 9.81. The van der Waals surface area contributed by atoms with Crippen LogP contribution in [0, 0.1) is 6.92 Å². The predicted molar refractivity (Wildman–Crippen MR) is 118 cm³/mol. The fraction of sp³-hybridized carbons (Fsp3) is 0.185. The third-order valence-corrected chi connectivity index (χ3v) is 5.51. The van der Waals surface area contributed by atoms with Crippen LogP contribution in [0.2, 0.25) is 0 Å². The quantitative estimate of drug-likeness (QED) is 0.355. The van der Waals surface area contributed by atoms with Gasteiger partial charge in [0.2, 0.25) is 0 Å². The van der Waals surface area contributed by atoms with E-state index >= 15 is 0 Å². The van der Waals surface area contributed by atoms with Gasteiger partial charge in [0.05, 0.1) is 0 Å². The Balaban J connectivity index is 2.23. The predicted octanol–water partition coefficient (Wildman–Crippen LogP) is 7.61. The minimum Gasteiger partial charge on any atom is -0.0622 e. The molecule has 0 spiro atoms. The van der Waals surface area contributed by atoms with Crippen molar-refractivity contribution in [3.05, 3.63) is 95.6 Å². The number of fused-ring (bicyclic) bond motifs is 1. The van der Waals surface area contributed by atoms with Crippen molar-refractivity contribution in [2.45, 2.75) is 33.6 Å². The standard InChI is InChI=1S/C27H26/c1-4-22-24-17-16-19(3)18-25(24)23(5-2)27(21-14-10-7-11-15-21)26(22)20-12-8-6-9-13-20/h6-18H,4-5H2,1-3H3. The van der Waals surface area contributed by atoms with E-state index in [0.29, 0.717) is 0 Å². The summed E-state index contributed by atoms with van der Waals surface area (Å²) < 4.78 is 0. The van der Waals surface area contributed by atoms with Gasteiger partial charge in [-0.2, -0.15) is 0 Å². The highest BCUT2D eigenvalue weighted by Crippen LogP contribution is 2.43. The molecule has 0 radical (unpaired) electrons. The first-order valence-corrected chi connectivity index (χ1v) is 9.93. The molecule has 4 rings (SSSR count). The summed E-state index contributed by atoms with van der Waals surface area (Å²) in [6.45, 7) is 6.75. The van der Waals surface area contributed by atoms with Crippen LogP contribution in [0.4, 0.5) is 0 Å². The van der Waals surface area contributed by atoms with Gasteiger partial charge in [0, 0.05) is 0 Å². The highest BCUT2D eigenvalue weighted by Gasteiger charge is 2.20. The molecule has 0 aliphatic rings. The molecule has 4 aromatic carbocycles. The minimum absolute atomic E-state index is 1.02. The van der Waals surface area contributed by atoms with E-state index in [0.717, 1.165) is 12.8 Å². The van der Waals surface area contributed by atoms with Gasteiger partial charge < -0.3 is 0 Å². The number of benzene rings is 4. The Bertz CT molecular complexity index is 1070. The van der Waals surface area contributed by atoms with Crippen LogP contribution in [0.3, 0.4) is 0 Å². The lowest BCUT2D eigenvalue weighted by molar-refractivity contribution is 1.13. The van der Waals surface area contributed by atoms with Crippen molar-refractivity contribution in [2.75, 3.05) is 0 Å². The van der Waals surface area contributed by atoms with E-state index in [-0.39, 0.29) is 0 Å². The molecule has 0 aliphatic carbocycles. The zero-order valence-corrected chi connectivity index (χ0v) is 16.4. The van der Waals surface area contributed by atoms with Gasteiger partial charge in [0.25, 0.3) is 0 Å². The number of hydrogen-bond acceptors (Lipinski definition) is 0. The molecule has 0 saturated carbocycles. The Morgan fingerprint density at radius 2 is 1.04 bits per heavy atom. The SMILES string of the molecule is CCc1c(-c2ccccc2)c(-c2ccccc2)c(CC)c2cc(C)ccc12. The smallest absolute Gasteiger partial charge is 0.00642 e. The van der Waals surface area contributed by atoms with Crippen molar-refractivity contribution in [1.82, 2.24) is 0 Å². The molecule has 134 valence electrons. The van der Waals surface area contributed by atoms with Gasteiger partial charge in [-0.3, -0.25) is 0 Å². The molecule has 0 N–H and O–H groups in total. The second-order valence-corrected chi connectivity index (χ2v) is 7.20. The molecule has 0 fully saturated rings. The third kappa shape index (κ3) is 3.06. The fourth-order valence-electron chi connectivity index (χ4n) is 4.32. The Morgan fingerprint density at radius 3 is 1.52 bits per heavy atom. The van der Waals surface area contributed by atoms with E-state index in [4.69, 9.17) is 0 Å². The summed E-state index contributed by atoms with van der Waals surface area (Å²) in [6.07, 6.45) is 2.04. The van der Waals surface area contributed by atoms with Crippen molar-refractivity contribution in [3.8, 4) is 22.3 Å². The van der Waals surface area contributed by atoms with Crippen molar-refractivity contribution < 1.29 is 0 Å². The van der Waals surface area contributed by atoms with Gasteiger partial charge in [-0.05, 0) is 63.9 Å². The molecule has 0 atom stereocenters. The van der Waals surface area contributed by atoms with E-state index in [1.165, 1.54) is 49.7 Å². The molecule has 0 aromatic heterocycles. The summed E-state index contributed by atoms with van der Waals surface area (Å²) in [5.41, 5.74) is 9.65. The third-order valence-electron chi connectivity index (χ3n) is 5.51. The lowest BCUT2D eigenvalue weighted by Gasteiger charge is -2.23. The molecule has 0 heterocycles. The molecular formula is C27H26. The molecule has 0 amide bonds. The number of rotatable bonds is 4. The van der Waals surface area contributed by atoms with Gasteiger partial charge in [-0.15, -0.1) is 0 Å². The Morgan fingerprint density at radius 1 is 0.556 bits per heavy atom. The molecule has 0 heteroatoms. The first-order chi connectivity index (χ1) is 13.2. The summed E-state index contributed by atoms with van der Waals surface area (Å²) >= 11 is 0. The van der Waals surface area contributed by atoms with Crippen LogP contribution >= 0.6 is 0 Å². The highest BCUT2D eigenvalue weighted by molar-refractivity contribution is 6.03. The van der Waals surface area contributed by atoms with Crippen LogP contribution in [0.5, 0.6) is 0 Å². The summed E-state index contributed by atoms with van der Waals surface area (Å²) in [5.74, 6) is 0. The monoisotopic (exact) mass is 350 g/mol. The van der Waals surface area contributed by atoms with Crippen LogP contribution in [0.1, 0.15) is 30.5 Å². The summed E-state index contributed by atoms with van der Waals surface area (Å²) in [4.78, 5) is 0. The van der Waals surface area contributed by atoms with Gasteiger partial charge in [0.1, 0.15) is 0 Å². The average molecular weight is 351 g/mol. The second kappa shape index (κ2) is 7.40. The summed E-state index contributed by atoms with van der Waals surface area (Å²) in [7, 11) is 0. The average Bonchev–Trinajstić information content (AvgIpc) is 2.73. The summed E-state index contributed by atoms with van der Waals surface area (Å²) in [5, 5.41) is 2.81. The molecular weight excluding hydrogens is 324 g/mol. The van der Waals surface area contributed by atoms with Crippen molar-refractivity contribution >= 4 is 10.8 Å². The first-order valence-electron chi connectivity index (χ1n) is 9.93. The number of hydrogen-bond donors (Lipinski definition) is 0. The van der Waals surface area contributed by atoms with Gasteiger partial charge in [0.15, 0.2) is 0 Å². The second-order valence-electron chi connectivity index (χ2n) is 7.20. The minimum atomic E-state index is 1.02. The zero-order valence-electron chi connectivity index (χ0n) is 16.4. The molecule has 0 bridgehead atoms. The fourth-order valence-corrected chi connectivity index (χ4v) is 4.32. The Labute approximate surface area is 162 Å². The normalized spacial score (nSPS) is 11.1. The maximum absolute atomic E-state index is 2.37. The largest absolute Gasteiger partial charge is 0.0622 e. The maximum Gasteiger partial charge on any atom is -0.00642 e. The van der Waals surface area contributed by atoms with Gasteiger partial charge in [-0.25, -0.2) is 0 Å². The lowest BCUT2D eigenvalue weighted by Crippen LogP contribution is -2.00. The maximum atomic E-state index is 2.37. The van der Waals surface area contributed by atoms with Crippen molar-refractivity contribution in [3.63, 3.8) is 0 Å².